The zero-order valence-electron chi connectivity index (χ0n) is 17.0. The predicted molar refractivity (Wildman–Crippen MR) is 124 cm³/mol. The van der Waals surface area contributed by atoms with Crippen molar-refractivity contribution in [3.8, 4) is 0 Å². The Hall–Kier alpha value is -1.35. The molecule has 172 valence electrons. The Balaban J connectivity index is 2.08. The summed E-state index contributed by atoms with van der Waals surface area (Å²) in [7, 11) is -5.57. The summed E-state index contributed by atoms with van der Waals surface area (Å²) in [5.74, 6) is 0. The Morgan fingerprint density at radius 3 is 2.74 bits per heavy atom. The summed E-state index contributed by atoms with van der Waals surface area (Å²) in [5.41, 5.74) is -2.06. The Morgan fingerprint density at radius 1 is 1.35 bits per heavy atom. The number of hydrogen-bond acceptors (Lipinski definition) is 7. The number of halogens is 4. The van der Waals surface area contributed by atoms with Crippen LogP contribution in [0.15, 0.2) is 20.8 Å². The molecule has 1 aromatic heterocycles. The third kappa shape index (κ3) is 5.72. The van der Waals surface area contributed by atoms with Crippen molar-refractivity contribution in [3.63, 3.8) is 0 Å². The Morgan fingerprint density at radius 2 is 2.13 bits per heavy atom. The zero-order valence-corrected chi connectivity index (χ0v) is 20.8. The molecule has 2 aromatic rings. The van der Waals surface area contributed by atoms with Gasteiger partial charge in [0.25, 0.3) is 0 Å². The van der Waals surface area contributed by atoms with Gasteiger partial charge in [-0.3, -0.25) is 4.72 Å². The maximum atomic E-state index is 13.1. The number of aromatic nitrogens is 2. The monoisotopic (exact) mass is 589 g/mol. The molecule has 7 nitrogen and oxygen atoms in total. The zero-order chi connectivity index (χ0) is 22.6. The lowest BCUT2D eigenvalue weighted by Gasteiger charge is -2.39. The molecule has 1 aliphatic rings. The van der Waals surface area contributed by atoms with Gasteiger partial charge in [0, 0.05) is 18.3 Å². The van der Waals surface area contributed by atoms with Gasteiger partial charge in [0.15, 0.2) is 3.01 Å². The van der Waals surface area contributed by atoms with Gasteiger partial charge in [-0.25, -0.2) is 3.15 Å². The standard InChI is InChI=1S/C18H23F3IN5O2S2/c1-3-5-8-27-13(4-2)7-6-12-9-14(24-22-17-25-23-11-30-17)15(10-16(12)27)26-31(28,29)18(19,20)21/h9-11,13,26H,3-8H2,1-2H3. The fourth-order valence-corrected chi connectivity index (χ4v) is 6.33. The van der Waals surface area contributed by atoms with E-state index >= 15 is 0 Å². The molecule has 1 atom stereocenters. The number of sulfonamides is 1. The van der Waals surface area contributed by atoms with E-state index in [1.165, 1.54) is 17.4 Å². The van der Waals surface area contributed by atoms with Gasteiger partial charge in [-0.1, -0.05) is 31.6 Å². The minimum atomic E-state index is -5.57. The van der Waals surface area contributed by atoms with Crippen molar-refractivity contribution in [3.05, 3.63) is 26.2 Å². The molecule has 1 aromatic carbocycles. The number of benzene rings is 1. The van der Waals surface area contributed by atoms with E-state index in [1.807, 2.05) is 0 Å². The second kappa shape index (κ2) is 10.1. The van der Waals surface area contributed by atoms with Crippen LogP contribution in [0.5, 0.6) is 0 Å². The average Bonchev–Trinajstić information content (AvgIpc) is 3.23. The second-order valence-electron chi connectivity index (χ2n) is 7.06. The van der Waals surface area contributed by atoms with Crippen LogP contribution in [-0.2, 0) is 16.4 Å². The third-order valence-electron chi connectivity index (χ3n) is 5.01. The molecule has 31 heavy (non-hydrogen) atoms. The molecule has 0 fully saturated rings. The molecule has 1 unspecified atom stereocenters. The van der Waals surface area contributed by atoms with Crippen LogP contribution in [0.1, 0.15) is 45.1 Å². The van der Waals surface area contributed by atoms with Crippen molar-refractivity contribution in [2.24, 2.45) is 3.15 Å². The first-order valence-electron chi connectivity index (χ1n) is 9.80. The van der Waals surface area contributed by atoms with Gasteiger partial charge < -0.3 is 4.90 Å². The number of nitrogens with zero attached hydrogens (tertiary/aromatic N) is 4. The molecular weight excluding hydrogens is 566 g/mol. The minimum Gasteiger partial charge on any atom is -0.368 e. The molecule has 0 saturated heterocycles. The number of unbranched alkanes of at least 4 members (excludes halogenated alkanes) is 1. The summed E-state index contributed by atoms with van der Waals surface area (Å²) in [6.07, 6.45) is 4.53. The minimum absolute atomic E-state index is 0.154. The van der Waals surface area contributed by atoms with Crippen molar-refractivity contribution in [2.45, 2.75) is 57.5 Å². The fourth-order valence-electron chi connectivity index (χ4n) is 3.45. The molecule has 13 heteroatoms. The highest BCUT2D eigenvalue weighted by molar-refractivity contribution is 14.2. The van der Waals surface area contributed by atoms with Crippen LogP contribution in [0.3, 0.4) is 0 Å². The number of aryl methyl sites for hydroxylation is 1. The largest absolute Gasteiger partial charge is 0.516 e. The van der Waals surface area contributed by atoms with Gasteiger partial charge in [-0.15, -0.1) is 10.2 Å². The number of alkyl halides is 3. The number of nitrogens with one attached hydrogen (secondary N) is 1. The topological polar surface area (TPSA) is 87.5 Å². The summed E-state index contributed by atoms with van der Waals surface area (Å²) in [6, 6.07) is 3.50. The van der Waals surface area contributed by atoms with Gasteiger partial charge in [0.1, 0.15) is 5.51 Å². The number of anilines is 2. The molecule has 0 radical (unpaired) electrons. The first-order chi connectivity index (χ1) is 14.7. The second-order valence-corrected chi connectivity index (χ2v) is 12.3. The normalized spacial score (nSPS) is 17.5. The SMILES string of the molecule is CCCCN1c2cc(NS(=O)(=O)C(F)(F)F)c(N=Ic3nncs3)cc2CCC1CC. The molecule has 0 aliphatic carbocycles. The average molecular weight is 589 g/mol. The van der Waals surface area contributed by atoms with Gasteiger partial charge >= 0.3 is 15.5 Å². The van der Waals surface area contributed by atoms with E-state index in [4.69, 9.17) is 0 Å². The molecule has 0 amide bonds. The van der Waals surface area contributed by atoms with Crippen molar-refractivity contribution in [1.29, 1.82) is 0 Å². The van der Waals surface area contributed by atoms with Crippen LogP contribution in [-0.4, -0.2) is 36.7 Å². The highest BCUT2D eigenvalue weighted by Gasteiger charge is 2.46. The first kappa shape index (κ1) is 24.3. The quantitative estimate of drug-likeness (QED) is 0.395. The van der Waals surface area contributed by atoms with Gasteiger partial charge in [-0.05, 0) is 43.4 Å². The van der Waals surface area contributed by atoms with Crippen molar-refractivity contribution >= 4 is 59.5 Å². The maximum Gasteiger partial charge on any atom is 0.516 e. The van der Waals surface area contributed by atoms with E-state index < -0.39 is 36.6 Å². The van der Waals surface area contributed by atoms with E-state index in [9.17, 15) is 21.6 Å². The van der Waals surface area contributed by atoms with E-state index in [0.717, 1.165) is 49.9 Å². The summed E-state index contributed by atoms with van der Waals surface area (Å²) in [4.78, 5) is 2.19. The molecule has 0 spiro atoms. The number of rotatable bonds is 8. The lowest BCUT2D eigenvalue weighted by molar-refractivity contribution is -0.0429. The van der Waals surface area contributed by atoms with Gasteiger partial charge in [0.2, 0.25) is 0 Å². The van der Waals surface area contributed by atoms with Crippen LogP contribution in [0.4, 0.5) is 30.2 Å². The molecule has 0 bridgehead atoms. The summed E-state index contributed by atoms with van der Waals surface area (Å²) in [5, 5.41) is 7.67. The van der Waals surface area contributed by atoms with Crippen molar-refractivity contribution in [2.75, 3.05) is 16.2 Å². The lowest BCUT2D eigenvalue weighted by Crippen LogP contribution is -2.39. The van der Waals surface area contributed by atoms with Crippen LogP contribution in [0.2, 0.25) is 0 Å². The molecule has 1 aliphatic heterocycles. The Kier molecular flexibility index (Phi) is 7.89. The first-order valence-corrected chi connectivity index (χ1v) is 14.2. The lowest BCUT2D eigenvalue weighted by atomic mass is 9.93. The van der Waals surface area contributed by atoms with Crippen LogP contribution >= 0.6 is 32.4 Å². The van der Waals surface area contributed by atoms with Crippen LogP contribution < -0.4 is 9.62 Å². The van der Waals surface area contributed by atoms with Crippen molar-refractivity contribution in [1.82, 2.24) is 10.2 Å². The highest BCUT2D eigenvalue weighted by atomic mass is 127. The Bertz CT molecular complexity index is 1030. The number of hydrogen-bond donors (Lipinski definition) is 1. The van der Waals surface area contributed by atoms with E-state index in [-0.39, 0.29) is 17.4 Å². The predicted octanol–water partition coefficient (Wildman–Crippen LogP) is 5.79. The van der Waals surface area contributed by atoms with E-state index in [0.29, 0.717) is 3.01 Å². The van der Waals surface area contributed by atoms with Gasteiger partial charge in [-0.2, -0.15) is 21.6 Å². The van der Waals surface area contributed by atoms with Gasteiger partial charge in [0.05, 0.1) is 32.4 Å². The van der Waals surface area contributed by atoms with Crippen LogP contribution in [0, 0.1) is 3.01 Å². The Labute approximate surface area is 193 Å². The number of fused-ring (bicyclic) bond motifs is 1. The molecule has 2 heterocycles. The summed E-state index contributed by atoms with van der Waals surface area (Å²) >= 11 is 0.303. The van der Waals surface area contributed by atoms with Crippen LogP contribution in [0.25, 0.3) is 0 Å². The van der Waals surface area contributed by atoms with E-state index in [1.54, 1.807) is 16.3 Å². The molecule has 1 N–H and O–H groups in total. The smallest absolute Gasteiger partial charge is 0.368 e. The third-order valence-corrected chi connectivity index (χ3v) is 9.19. The van der Waals surface area contributed by atoms with E-state index in [2.05, 4.69) is 32.1 Å². The maximum absolute atomic E-state index is 13.1. The molecule has 3 rings (SSSR count). The molecule has 0 saturated carbocycles. The fraction of sp³-hybridized carbons (Fsp3) is 0.556. The van der Waals surface area contributed by atoms with Crippen molar-refractivity contribution < 1.29 is 21.6 Å². The summed E-state index contributed by atoms with van der Waals surface area (Å²) < 4.78 is 69.7. The summed E-state index contributed by atoms with van der Waals surface area (Å²) in [6.45, 7) is 4.92. The highest BCUT2D eigenvalue weighted by Crippen LogP contribution is 2.42. The molecular formula is C18H23F3IN5O2S2.